The summed E-state index contributed by atoms with van der Waals surface area (Å²) < 4.78 is 44.4. The van der Waals surface area contributed by atoms with E-state index in [1.165, 1.54) is 24.4 Å². The summed E-state index contributed by atoms with van der Waals surface area (Å²) in [5.74, 6) is 1.53. The average molecular weight is 757 g/mol. The number of halogens is 2. The molecule has 0 spiro atoms. The van der Waals surface area contributed by atoms with Crippen LogP contribution in [0.5, 0.6) is 11.8 Å². The molecule has 2 saturated heterocycles. The van der Waals surface area contributed by atoms with Gasteiger partial charge in [0.1, 0.15) is 43.1 Å². The van der Waals surface area contributed by atoms with E-state index in [2.05, 4.69) is 68.0 Å². The fourth-order valence-corrected chi connectivity index (χ4v) is 14.3. The van der Waals surface area contributed by atoms with Gasteiger partial charge in [-0.1, -0.05) is 53.5 Å². The third-order valence-corrected chi connectivity index (χ3v) is 17.6. The number of benzene rings is 2. The molecular formula is C42H50F2N4O5Si. The van der Waals surface area contributed by atoms with Gasteiger partial charge in [-0.15, -0.1) is 5.54 Å². The smallest absolute Gasteiger partial charge is 0.410 e. The Balaban J connectivity index is 1.51. The Morgan fingerprint density at radius 1 is 1.04 bits per heavy atom. The summed E-state index contributed by atoms with van der Waals surface area (Å²) in [4.78, 5) is 40.0. The highest BCUT2D eigenvalue weighted by molar-refractivity contribution is 6.90. The molecular weight excluding hydrogens is 707 g/mol. The zero-order valence-corrected chi connectivity index (χ0v) is 33.6. The maximum Gasteiger partial charge on any atom is 0.410 e. The fraction of sp³-hybridized carbons (Fsp3) is 0.500. The van der Waals surface area contributed by atoms with Crippen LogP contribution in [0.3, 0.4) is 0 Å². The molecule has 286 valence electrons. The highest BCUT2D eigenvalue weighted by Crippen LogP contribution is 2.46. The number of hydrogen-bond donors (Lipinski definition) is 1. The first-order valence-electron chi connectivity index (χ1n) is 18.9. The van der Waals surface area contributed by atoms with E-state index < -0.39 is 25.3 Å². The second kappa shape index (κ2) is 14.9. The Kier molecular flexibility index (Phi) is 10.8. The molecule has 9 nitrogen and oxygen atoms in total. The lowest BCUT2D eigenvalue weighted by molar-refractivity contribution is -0.109. The maximum absolute atomic E-state index is 17.1. The number of rotatable bonds is 8. The minimum Gasteiger partial charge on any atom is -0.508 e. The number of hydrogen-bond acceptors (Lipinski definition) is 8. The Morgan fingerprint density at radius 2 is 1.69 bits per heavy atom. The summed E-state index contributed by atoms with van der Waals surface area (Å²) in [6, 6.07) is 5.38. The number of fused-ring (bicyclic) bond motifs is 4. The number of piperidine rings is 1. The molecule has 2 aromatic carbocycles. The molecule has 1 N–H and O–H groups in total. The average Bonchev–Trinajstić information content (AvgIpc) is 3.36. The third kappa shape index (κ3) is 7.15. The van der Waals surface area contributed by atoms with Gasteiger partial charge in [0, 0.05) is 40.5 Å². The van der Waals surface area contributed by atoms with E-state index in [-0.39, 0.29) is 64.8 Å². The Hall–Kier alpha value is -4.63. The molecule has 1 amide bonds. The van der Waals surface area contributed by atoms with E-state index in [0.29, 0.717) is 57.6 Å². The Bertz CT molecular complexity index is 2140. The van der Waals surface area contributed by atoms with Crippen LogP contribution in [-0.4, -0.2) is 69.7 Å². The van der Waals surface area contributed by atoms with Crippen LogP contribution in [0, 0.1) is 23.1 Å². The molecule has 2 aromatic heterocycles. The number of carbonyl (C=O) groups is 2. The molecule has 2 unspecified atom stereocenters. The van der Waals surface area contributed by atoms with Crippen molar-refractivity contribution in [2.75, 3.05) is 6.61 Å². The van der Waals surface area contributed by atoms with Crippen molar-refractivity contribution in [2.24, 2.45) is 0 Å². The van der Waals surface area contributed by atoms with Gasteiger partial charge >= 0.3 is 12.1 Å². The summed E-state index contributed by atoms with van der Waals surface area (Å²) in [5, 5.41) is 12.0. The first-order valence-corrected chi connectivity index (χ1v) is 21.1. The fourth-order valence-electron chi connectivity index (χ4n) is 9.08. The monoisotopic (exact) mass is 756 g/mol. The van der Waals surface area contributed by atoms with E-state index in [1.54, 1.807) is 6.07 Å². The lowest BCUT2D eigenvalue weighted by Gasteiger charge is -2.39. The molecule has 0 saturated carbocycles. The van der Waals surface area contributed by atoms with E-state index >= 15 is 8.78 Å². The molecule has 54 heavy (non-hydrogen) atoms. The SMILES string of the molecule is CC(C)[Si](C#Cc1c(F)ccc2cc(O)cc(-c3ncc4c(C5CC6CCC(C5)N6C(=O)OC(C)(C)C)nc(OCC=O)nc4c3F)c12)(C(C)C)C(C)C. The van der Waals surface area contributed by atoms with Gasteiger partial charge in [0.2, 0.25) is 0 Å². The van der Waals surface area contributed by atoms with Crippen molar-refractivity contribution in [2.45, 2.75) is 128 Å². The normalized spacial score (nSPS) is 18.8. The van der Waals surface area contributed by atoms with Crippen molar-refractivity contribution < 1.29 is 33.0 Å². The quantitative estimate of drug-likeness (QED) is 0.107. The Morgan fingerprint density at radius 3 is 2.28 bits per heavy atom. The van der Waals surface area contributed by atoms with Crippen molar-refractivity contribution >= 4 is 42.1 Å². The molecule has 12 heteroatoms. The van der Waals surface area contributed by atoms with Crippen molar-refractivity contribution in [3.8, 4) is 34.5 Å². The van der Waals surface area contributed by atoms with Crippen LogP contribution in [0.4, 0.5) is 13.6 Å². The van der Waals surface area contributed by atoms with Gasteiger partial charge in [0.15, 0.2) is 12.1 Å². The standard InChI is InChI=1S/C42H50F2N4O5Si/c1-23(2)54(24(3)4,25(5)6)17-14-31-34(43)13-10-26-20-30(50)21-32(35(26)31)38-36(44)39-33(22-45-38)37(46-40(47-39)52-16-15-49)27-18-28-11-12-29(19-27)48(28)41(51)53-42(7,8)9/h10,13,15,20-25,27-29,50H,11-12,16,18-19H2,1-9H3. The summed E-state index contributed by atoms with van der Waals surface area (Å²) in [5.41, 5.74) is 4.43. The maximum atomic E-state index is 17.1. The minimum atomic E-state index is -2.29. The van der Waals surface area contributed by atoms with E-state index in [0.717, 1.165) is 12.8 Å². The van der Waals surface area contributed by atoms with Crippen LogP contribution in [0.1, 0.15) is 105 Å². The van der Waals surface area contributed by atoms with Crippen molar-refractivity contribution in [1.29, 1.82) is 0 Å². The number of aromatic hydroxyl groups is 1. The van der Waals surface area contributed by atoms with Crippen LogP contribution in [0.15, 0.2) is 30.5 Å². The highest BCUT2D eigenvalue weighted by atomic mass is 28.3. The second-order valence-corrected chi connectivity index (χ2v) is 22.2. The predicted molar refractivity (Wildman–Crippen MR) is 208 cm³/mol. The van der Waals surface area contributed by atoms with Gasteiger partial charge in [-0.25, -0.2) is 13.6 Å². The zero-order chi connectivity index (χ0) is 39.3. The molecule has 0 aliphatic carbocycles. The van der Waals surface area contributed by atoms with E-state index in [1.807, 2.05) is 25.7 Å². The third-order valence-electron chi connectivity index (χ3n) is 11.3. The van der Waals surface area contributed by atoms with Crippen molar-refractivity contribution in [3.05, 3.63) is 53.4 Å². The molecule has 6 rings (SSSR count). The number of carbonyl (C=O) groups excluding carboxylic acids is 2. The van der Waals surface area contributed by atoms with Gasteiger partial charge in [0.05, 0.1) is 11.3 Å². The van der Waals surface area contributed by atoms with Crippen LogP contribution in [0.2, 0.25) is 16.6 Å². The molecule has 0 radical (unpaired) electrons. The number of amides is 1. The number of aldehydes is 1. The largest absolute Gasteiger partial charge is 0.508 e. The van der Waals surface area contributed by atoms with Gasteiger partial charge in [0.25, 0.3) is 0 Å². The number of ether oxygens (including phenoxy) is 2. The van der Waals surface area contributed by atoms with Crippen molar-refractivity contribution in [3.63, 3.8) is 0 Å². The predicted octanol–water partition coefficient (Wildman–Crippen LogP) is 9.62. The number of phenolic OH excluding ortho intramolecular Hbond substituents is 1. The molecule has 2 fully saturated rings. The van der Waals surface area contributed by atoms with Gasteiger partial charge in [-0.3, -0.25) is 9.78 Å². The molecule has 4 heterocycles. The van der Waals surface area contributed by atoms with Gasteiger partial charge in [-0.2, -0.15) is 9.97 Å². The van der Waals surface area contributed by atoms with Crippen LogP contribution in [0.25, 0.3) is 32.9 Å². The van der Waals surface area contributed by atoms with Crippen LogP contribution in [-0.2, 0) is 9.53 Å². The van der Waals surface area contributed by atoms with E-state index in [9.17, 15) is 14.7 Å². The van der Waals surface area contributed by atoms with Crippen LogP contribution < -0.4 is 4.74 Å². The topological polar surface area (TPSA) is 115 Å². The highest BCUT2D eigenvalue weighted by Gasteiger charge is 2.46. The van der Waals surface area contributed by atoms with Crippen LogP contribution >= 0.6 is 0 Å². The second-order valence-electron chi connectivity index (χ2n) is 16.7. The number of pyridine rings is 1. The zero-order valence-electron chi connectivity index (χ0n) is 32.6. The Labute approximate surface area is 316 Å². The first-order chi connectivity index (χ1) is 25.5. The summed E-state index contributed by atoms with van der Waals surface area (Å²) in [7, 11) is -2.29. The number of phenols is 1. The molecule has 2 aliphatic heterocycles. The first kappa shape index (κ1) is 39.1. The van der Waals surface area contributed by atoms with E-state index in [4.69, 9.17) is 9.47 Å². The van der Waals surface area contributed by atoms with Crippen molar-refractivity contribution in [1.82, 2.24) is 19.9 Å². The summed E-state index contributed by atoms with van der Waals surface area (Å²) in [6.07, 6.45) is 4.44. The lowest BCUT2D eigenvalue weighted by atomic mass is 9.86. The summed E-state index contributed by atoms with van der Waals surface area (Å²) in [6.45, 7) is 18.2. The molecule has 4 aromatic rings. The number of aromatic nitrogens is 3. The minimum absolute atomic E-state index is 0.0841. The van der Waals surface area contributed by atoms with Gasteiger partial charge < -0.3 is 19.5 Å². The molecule has 2 bridgehead atoms. The molecule has 2 atom stereocenters. The number of nitrogens with zero attached hydrogens (tertiary/aromatic N) is 4. The lowest BCUT2D eigenvalue weighted by Crippen LogP contribution is -2.48. The van der Waals surface area contributed by atoms with Gasteiger partial charge in [-0.05, 0) is 86.7 Å². The molecule has 2 aliphatic rings. The summed E-state index contributed by atoms with van der Waals surface area (Å²) >= 11 is 0.